The standard InChI is InChI=1S/C20H24BrNO5/c1-14(16-11-17(24-2)19(21)18(12-16)25-3)22-20(23)27-10-9-26-13-15-7-5-4-6-8-15/h4-8,11-12,14H,9-10,13H2,1-3H3,(H,22,23)/t14-/m1/s1. The van der Waals surface area contributed by atoms with Crippen LogP contribution in [0.3, 0.4) is 0 Å². The highest BCUT2D eigenvalue weighted by Crippen LogP contribution is 2.37. The number of rotatable bonds is 9. The molecule has 1 N–H and O–H groups in total. The molecule has 1 amide bonds. The maximum absolute atomic E-state index is 12.0. The number of hydrogen-bond donors (Lipinski definition) is 1. The number of carbonyl (C=O) groups is 1. The Bertz CT molecular complexity index is 713. The number of hydrogen-bond acceptors (Lipinski definition) is 5. The quantitative estimate of drug-likeness (QED) is 0.586. The van der Waals surface area contributed by atoms with E-state index in [9.17, 15) is 4.79 Å². The summed E-state index contributed by atoms with van der Waals surface area (Å²) in [6.45, 7) is 2.85. The second kappa shape index (κ2) is 10.8. The van der Waals surface area contributed by atoms with E-state index in [-0.39, 0.29) is 12.6 Å². The molecular weight excluding hydrogens is 414 g/mol. The van der Waals surface area contributed by atoms with Crippen LogP contribution in [0.15, 0.2) is 46.9 Å². The van der Waals surface area contributed by atoms with Gasteiger partial charge in [-0.05, 0) is 46.1 Å². The van der Waals surface area contributed by atoms with Gasteiger partial charge in [-0.3, -0.25) is 0 Å². The van der Waals surface area contributed by atoms with Crippen molar-refractivity contribution < 1.29 is 23.7 Å². The van der Waals surface area contributed by atoms with Crippen molar-refractivity contribution in [2.24, 2.45) is 0 Å². The van der Waals surface area contributed by atoms with Crippen LogP contribution in [-0.4, -0.2) is 33.5 Å². The Hall–Kier alpha value is -2.25. The summed E-state index contributed by atoms with van der Waals surface area (Å²) >= 11 is 3.43. The lowest BCUT2D eigenvalue weighted by atomic mass is 10.1. The molecule has 1 atom stereocenters. The summed E-state index contributed by atoms with van der Waals surface area (Å²) in [6.07, 6.45) is -0.508. The molecule has 2 rings (SSSR count). The summed E-state index contributed by atoms with van der Waals surface area (Å²) in [6, 6.07) is 13.2. The Balaban J connectivity index is 1.78. The van der Waals surface area contributed by atoms with E-state index in [1.807, 2.05) is 49.4 Å². The number of halogens is 1. The number of carbonyl (C=O) groups excluding carboxylic acids is 1. The Morgan fingerprint density at radius 2 is 1.70 bits per heavy atom. The molecule has 0 aliphatic rings. The first-order valence-corrected chi connectivity index (χ1v) is 9.30. The molecule has 6 nitrogen and oxygen atoms in total. The van der Waals surface area contributed by atoms with Crippen molar-refractivity contribution in [1.29, 1.82) is 0 Å². The highest BCUT2D eigenvalue weighted by molar-refractivity contribution is 9.10. The maximum atomic E-state index is 12.0. The third-order valence-corrected chi connectivity index (χ3v) is 4.66. The molecular formula is C20H24BrNO5. The van der Waals surface area contributed by atoms with Crippen LogP contribution in [0.5, 0.6) is 11.5 Å². The molecule has 0 radical (unpaired) electrons. The summed E-state index contributed by atoms with van der Waals surface area (Å²) in [5, 5.41) is 2.78. The number of nitrogens with one attached hydrogen (secondary N) is 1. The van der Waals surface area contributed by atoms with Gasteiger partial charge in [0, 0.05) is 0 Å². The van der Waals surface area contributed by atoms with E-state index in [1.165, 1.54) is 0 Å². The van der Waals surface area contributed by atoms with E-state index in [0.717, 1.165) is 15.6 Å². The molecule has 0 saturated heterocycles. The molecule has 7 heteroatoms. The van der Waals surface area contributed by atoms with E-state index in [1.54, 1.807) is 14.2 Å². The minimum Gasteiger partial charge on any atom is -0.495 e. The molecule has 2 aromatic carbocycles. The molecule has 0 saturated carbocycles. The predicted octanol–water partition coefficient (Wildman–Crippen LogP) is 4.47. The van der Waals surface area contributed by atoms with Gasteiger partial charge in [-0.25, -0.2) is 4.79 Å². The fourth-order valence-corrected chi connectivity index (χ4v) is 2.95. The second-order valence-electron chi connectivity index (χ2n) is 5.78. The lowest BCUT2D eigenvalue weighted by Gasteiger charge is -2.17. The predicted molar refractivity (Wildman–Crippen MR) is 106 cm³/mol. The second-order valence-corrected chi connectivity index (χ2v) is 6.57. The van der Waals surface area contributed by atoms with Crippen LogP contribution >= 0.6 is 15.9 Å². The molecule has 146 valence electrons. The number of methoxy groups -OCH3 is 2. The fourth-order valence-electron chi connectivity index (χ4n) is 2.40. The average Bonchev–Trinajstić information content (AvgIpc) is 2.68. The monoisotopic (exact) mass is 437 g/mol. The number of alkyl carbamates (subject to hydrolysis) is 1. The Labute approximate surface area is 167 Å². The molecule has 0 aliphatic carbocycles. The van der Waals surface area contributed by atoms with E-state index >= 15 is 0 Å². The van der Waals surface area contributed by atoms with Gasteiger partial charge in [-0.15, -0.1) is 0 Å². The summed E-state index contributed by atoms with van der Waals surface area (Å²) < 4.78 is 22.0. The van der Waals surface area contributed by atoms with Crippen LogP contribution in [0, 0.1) is 0 Å². The normalized spacial score (nSPS) is 11.6. The van der Waals surface area contributed by atoms with E-state index < -0.39 is 6.09 Å². The lowest BCUT2D eigenvalue weighted by Crippen LogP contribution is -2.28. The zero-order valence-corrected chi connectivity index (χ0v) is 17.2. The van der Waals surface area contributed by atoms with Gasteiger partial charge in [0.05, 0.1) is 33.5 Å². The molecule has 0 unspecified atom stereocenters. The van der Waals surface area contributed by atoms with Crippen LogP contribution < -0.4 is 14.8 Å². The van der Waals surface area contributed by atoms with Crippen LogP contribution in [0.1, 0.15) is 24.1 Å². The Morgan fingerprint density at radius 3 is 2.30 bits per heavy atom. The molecule has 2 aromatic rings. The van der Waals surface area contributed by atoms with Crippen molar-refractivity contribution in [2.75, 3.05) is 27.4 Å². The Morgan fingerprint density at radius 1 is 1.07 bits per heavy atom. The molecule has 0 heterocycles. The van der Waals surface area contributed by atoms with E-state index in [4.69, 9.17) is 18.9 Å². The highest BCUT2D eigenvalue weighted by atomic mass is 79.9. The van der Waals surface area contributed by atoms with Crippen molar-refractivity contribution in [3.63, 3.8) is 0 Å². The van der Waals surface area contributed by atoms with Gasteiger partial charge in [0.25, 0.3) is 0 Å². The largest absolute Gasteiger partial charge is 0.495 e. The zero-order valence-electron chi connectivity index (χ0n) is 15.7. The molecule has 0 spiro atoms. The molecule has 0 bridgehead atoms. The smallest absolute Gasteiger partial charge is 0.407 e. The van der Waals surface area contributed by atoms with Crippen LogP contribution in [0.4, 0.5) is 4.79 Å². The molecule has 0 aromatic heterocycles. The van der Waals surface area contributed by atoms with E-state index in [2.05, 4.69) is 21.2 Å². The van der Waals surface area contributed by atoms with Crippen LogP contribution in [-0.2, 0) is 16.1 Å². The lowest BCUT2D eigenvalue weighted by molar-refractivity contribution is 0.0638. The summed E-state index contributed by atoms with van der Waals surface area (Å²) in [7, 11) is 3.15. The molecule has 27 heavy (non-hydrogen) atoms. The fraction of sp³-hybridized carbons (Fsp3) is 0.350. The SMILES string of the molecule is COc1cc([C@@H](C)NC(=O)OCCOCc2ccccc2)cc(OC)c1Br. The van der Waals surface area contributed by atoms with Crippen molar-refractivity contribution in [3.05, 3.63) is 58.1 Å². The molecule has 0 fully saturated rings. The zero-order chi connectivity index (χ0) is 19.6. The number of benzene rings is 2. The molecule has 0 aliphatic heterocycles. The summed E-state index contributed by atoms with van der Waals surface area (Å²) in [4.78, 5) is 12.0. The van der Waals surface area contributed by atoms with Gasteiger partial charge in [-0.1, -0.05) is 30.3 Å². The minimum atomic E-state index is -0.508. The summed E-state index contributed by atoms with van der Waals surface area (Å²) in [5.41, 5.74) is 1.91. The van der Waals surface area contributed by atoms with Gasteiger partial charge in [0.15, 0.2) is 0 Å². The van der Waals surface area contributed by atoms with Crippen LogP contribution in [0.2, 0.25) is 0 Å². The minimum absolute atomic E-state index is 0.179. The maximum Gasteiger partial charge on any atom is 0.407 e. The topological polar surface area (TPSA) is 66.0 Å². The van der Waals surface area contributed by atoms with Gasteiger partial charge >= 0.3 is 6.09 Å². The average molecular weight is 438 g/mol. The summed E-state index contributed by atoms with van der Waals surface area (Å²) in [5.74, 6) is 1.25. The van der Waals surface area contributed by atoms with Crippen molar-refractivity contribution in [3.8, 4) is 11.5 Å². The van der Waals surface area contributed by atoms with Crippen LogP contribution in [0.25, 0.3) is 0 Å². The first-order chi connectivity index (χ1) is 13.0. The highest BCUT2D eigenvalue weighted by Gasteiger charge is 2.16. The van der Waals surface area contributed by atoms with Crippen molar-refractivity contribution >= 4 is 22.0 Å². The van der Waals surface area contributed by atoms with Crippen molar-refractivity contribution in [1.82, 2.24) is 5.32 Å². The number of amides is 1. The Kier molecular flexibility index (Phi) is 8.42. The van der Waals surface area contributed by atoms with Gasteiger partial charge in [-0.2, -0.15) is 0 Å². The van der Waals surface area contributed by atoms with Gasteiger partial charge in [0.2, 0.25) is 0 Å². The van der Waals surface area contributed by atoms with Gasteiger partial charge in [0.1, 0.15) is 22.6 Å². The third-order valence-electron chi connectivity index (χ3n) is 3.87. The first kappa shape index (κ1) is 21.1. The first-order valence-electron chi connectivity index (χ1n) is 8.51. The number of ether oxygens (including phenoxy) is 4. The van der Waals surface area contributed by atoms with E-state index in [0.29, 0.717) is 24.7 Å². The third kappa shape index (κ3) is 6.45. The van der Waals surface area contributed by atoms with Crippen molar-refractivity contribution in [2.45, 2.75) is 19.6 Å². The van der Waals surface area contributed by atoms with Gasteiger partial charge < -0.3 is 24.3 Å².